The molecule has 0 radical (unpaired) electrons. The summed E-state index contributed by atoms with van der Waals surface area (Å²) >= 11 is 0. The summed E-state index contributed by atoms with van der Waals surface area (Å²) in [7, 11) is 3.24. The molecular weight excluding hydrogens is 480 g/mol. The standard InChI is InChI=1S/C27H28N4O4.ClH/c1-29-23-19-10-6-7-11-20(19)31(16-21(32)17-8-4-3-5-9-17)26(33)22(23)25(35-2)24(29)27(34)30-14-12-18(28)13-15-30;/h3-11,18H,12-16,28H2,1-2H3;1H. The summed E-state index contributed by atoms with van der Waals surface area (Å²) in [6.45, 7) is 0.993. The summed E-state index contributed by atoms with van der Waals surface area (Å²) < 4.78 is 8.92. The molecule has 1 saturated heterocycles. The van der Waals surface area contributed by atoms with E-state index < -0.39 is 0 Å². The second-order valence-corrected chi connectivity index (χ2v) is 8.99. The molecule has 2 N–H and O–H groups in total. The van der Waals surface area contributed by atoms with Crippen LogP contribution in [0.1, 0.15) is 33.7 Å². The van der Waals surface area contributed by atoms with Crippen LogP contribution in [0.15, 0.2) is 59.4 Å². The van der Waals surface area contributed by atoms with Gasteiger partial charge in [-0.05, 0) is 18.9 Å². The number of nitrogens with zero attached hydrogens (tertiary/aromatic N) is 3. The summed E-state index contributed by atoms with van der Waals surface area (Å²) in [5.74, 6) is -0.130. The molecule has 1 aliphatic rings. The number of Topliss-reactive ketones (excluding diaryl/α,β-unsaturated/α-hetero) is 1. The van der Waals surface area contributed by atoms with Gasteiger partial charge in [0.25, 0.3) is 11.5 Å². The highest BCUT2D eigenvalue weighted by Crippen LogP contribution is 2.35. The van der Waals surface area contributed by atoms with Crippen molar-refractivity contribution in [1.82, 2.24) is 14.0 Å². The van der Waals surface area contributed by atoms with Crippen LogP contribution in [0.25, 0.3) is 21.8 Å². The number of halogens is 1. The lowest BCUT2D eigenvalue weighted by atomic mass is 10.1. The third kappa shape index (κ3) is 4.16. The second kappa shape index (κ2) is 10.2. The van der Waals surface area contributed by atoms with Crippen LogP contribution in [0.5, 0.6) is 5.75 Å². The molecule has 0 bridgehead atoms. The van der Waals surface area contributed by atoms with Crippen molar-refractivity contribution < 1.29 is 14.3 Å². The number of carbonyl (C=O) groups excluding carboxylic acids is 2. The van der Waals surface area contributed by atoms with Gasteiger partial charge in [0, 0.05) is 37.1 Å². The summed E-state index contributed by atoms with van der Waals surface area (Å²) in [5.41, 5.74) is 7.75. The molecule has 0 saturated carbocycles. The number of fused-ring (bicyclic) bond motifs is 3. The lowest BCUT2D eigenvalue weighted by Crippen LogP contribution is -2.43. The Morgan fingerprint density at radius 3 is 2.33 bits per heavy atom. The maximum absolute atomic E-state index is 13.9. The van der Waals surface area contributed by atoms with Crippen molar-refractivity contribution in [2.24, 2.45) is 12.8 Å². The average molecular weight is 509 g/mol. The molecular formula is C27H29ClN4O4. The van der Waals surface area contributed by atoms with E-state index in [1.165, 1.54) is 11.7 Å². The van der Waals surface area contributed by atoms with E-state index in [1.54, 1.807) is 40.8 Å². The number of rotatable bonds is 5. The molecule has 0 unspecified atom stereocenters. The summed E-state index contributed by atoms with van der Waals surface area (Å²) in [6.07, 6.45) is 1.46. The van der Waals surface area contributed by atoms with Crippen molar-refractivity contribution in [3.63, 3.8) is 0 Å². The van der Waals surface area contributed by atoms with Crippen molar-refractivity contribution in [2.75, 3.05) is 20.2 Å². The molecule has 5 rings (SSSR count). The third-order valence-electron chi connectivity index (χ3n) is 6.89. The van der Waals surface area contributed by atoms with E-state index in [0.29, 0.717) is 40.8 Å². The average Bonchev–Trinajstić information content (AvgIpc) is 3.19. The highest BCUT2D eigenvalue weighted by atomic mass is 35.5. The van der Waals surface area contributed by atoms with Gasteiger partial charge >= 0.3 is 0 Å². The van der Waals surface area contributed by atoms with E-state index in [4.69, 9.17) is 10.5 Å². The normalized spacial score (nSPS) is 14.1. The van der Waals surface area contributed by atoms with Gasteiger partial charge in [0.05, 0.1) is 24.7 Å². The van der Waals surface area contributed by atoms with Crippen LogP contribution < -0.4 is 16.0 Å². The smallest absolute Gasteiger partial charge is 0.274 e. The lowest BCUT2D eigenvalue weighted by Gasteiger charge is -2.30. The third-order valence-corrected chi connectivity index (χ3v) is 6.89. The molecule has 3 heterocycles. The van der Waals surface area contributed by atoms with E-state index in [1.807, 2.05) is 30.3 Å². The summed E-state index contributed by atoms with van der Waals surface area (Å²) in [6, 6.07) is 16.4. The Kier molecular flexibility index (Phi) is 7.19. The fraction of sp³-hybridized carbons (Fsp3) is 0.296. The number of benzene rings is 2. The van der Waals surface area contributed by atoms with Crippen LogP contribution in [0, 0.1) is 0 Å². The predicted octanol–water partition coefficient (Wildman–Crippen LogP) is 3.37. The maximum Gasteiger partial charge on any atom is 0.274 e. The van der Waals surface area contributed by atoms with E-state index in [0.717, 1.165) is 18.2 Å². The zero-order valence-electron chi connectivity index (χ0n) is 20.3. The number of aryl methyl sites for hydroxylation is 1. The van der Waals surface area contributed by atoms with Crippen LogP contribution in [0.3, 0.4) is 0 Å². The molecule has 1 fully saturated rings. The SMILES string of the molecule is COc1c(C(=O)N2CCC(N)CC2)n(C)c2c1c(=O)n(CC(=O)c1ccccc1)c1ccccc21.Cl. The molecule has 9 heteroatoms. The van der Waals surface area contributed by atoms with Crippen LogP contribution in [-0.4, -0.2) is 52.0 Å². The first-order valence-corrected chi connectivity index (χ1v) is 11.7. The molecule has 1 amide bonds. The largest absolute Gasteiger partial charge is 0.493 e. The number of pyridine rings is 1. The Labute approximate surface area is 214 Å². The van der Waals surface area contributed by atoms with Crippen molar-refractivity contribution in [3.05, 3.63) is 76.2 Å². The Morgan fingerprint density at radius 2 is 1.67 bits per heavy atom. The van der Waals surface area contributed by atoms with Gasteiger partial charge in [-0.15, -0.1) is 12.4 Å². The van der Waals surface area contributed by atoms with Crippen molar-refractivity contribution >= 4 is 45.9 Å². The minimum absolute atomic E-state index is 0. The number of para-hydroxylation sites is 1. The van der Waals surface area contributed by atoms with Crippen molar-refractivity contribution in [2.45, 2.75) is 25.4 Å². The minimum atomic E-state index is -0.366. The van der Waals surface area contributed by atoms with Gasteiger partial charge in [0.1, 0.15) is 5.39 Å². The Balaban J connectivity index is 0.00000304. The zero-order valence-corrected chi connectivity index (χ0v) is 21.1. The van der Waals surface area contributed by atoms with Gasteiger partial charge in [-0.1, -0.05) is 48.5 Å². The van der Waals surface area contributed by atoms with Crippen molar-refractivity contribution in [3.8, 4) is 5.75 Å². The van der Waals surface area contributed by atoms with Crippen LogP contribution in [-0.2, 0) is 13.6 Å². The Morgan fingerprint density at radius 1 is 1.03 bits per heavy atom. The summed E-state index contributed by atoms with van der Waals surface area (Å²) in [4.78, 5) is 42.3. The zero-order chi connectivity index (χ0) is 24.7. The Bertz CT molecular complexity index is 1500. The van der Waals surface area contributed by atoms with Crippen LogP contribution >= 0.6 is 12.4 Å². The molecule has 2 aromatic heterocycles. The number of carbonyl (C=O) groups is 2. The van der Waals surface area contributed by atoms with Gasteiger partial charge in [-0.2, -0.15) is 0 Å². The monoisotopic (exact) mass is 508 g/mol. The first-order valence-electron chi connectivity index (χ1n) is 11.7. The molecule has 4 aromatic rings. The van der Waals surface area contributed by atoms with Gasteiger partial charge < -0.3 is 19.9 Å². The summed E-state index contributed by atoms with van der Waals surface area (Å²) in [5, 5.41) is 1.06. The first-order chi connectivity index (χ1) is 16.9. The van der Waals surface area contributed by atoms with E-state index in [9.17, 15) is 14.4 Å². The van der Waals surface area contributed by atoms with Crippen molar-refractivity contribution in [1.29, 1.82) is 0 Å². The molecule has 1 aliphatic heterocycles. The first kappa shape index (κ1) is 25.5. The highest BCUT2D eigenvalue weighted by Gasteiger charge is 2.31. The lowest BCUT2D eigenvalue weighted by molar-refractivity contribution is 0.0701. The fourth-order valence-electron chi connectivity index (χ4n) is 5.03. The topological polar surface area (TPSA) is 99.6 Å². The molecule has 0 spiro atoms. The van der Waals surface area contributed by atoms with E-state index in [-0.39, 0.29) is 48.0 Å². The number of hydrogen-bond acceptors (Lipinski definition) is 5. The molecule has 188 valence electrons. The number of ether oxygens (including phenoxy) is 1. The van der Waals surface area contributed by atoms with Crippen LogP contribution in [0.2, 0.25) is 0 Å². The number of ketones is 1. The van der Waals surface area contributed by atoms with E-state index >= 15 is 0 Å². The molecule has 8 nitrogen and oxygen atoms in total. The number of amides is 1. The number of hydrogen-bond donors (Lipinski definition) is 1. The number of nitrogens with two attached hydrogens (primary N) is 1. The predicted molar refractivity (Wildman–Crippen MR) is 142 cm³/mol. The van der Waals surface area contributed by atoms with Gasteiger partial charge in [-0.3, -0.25) is 19.0 Å². The van der Waals surface area contributed by atoms with Crippen LogP contribution in [0.4, 0.5) is 0 Å². The Hall–Kier alpha value is -3.62. The minimum Gasteiger partial charge on any atom is -0.493 e. The highest BCUT2D eigenvalue weighted by molar-refractivity contribution is 6.12. The maximum atomic E-state index is 13.9. The van der Waals surface area contributed by atoms with E-state index in [2.05, 4.69) is 0 Å². The van der Waals surface area contributed by atoms with Gasteiger partial charge in [0.15, 0.2) is 17.2 Å². The number of aromatic nitrogens is 2. The number of piperidine rings is 1. The quantitative estimate of drug-likeness (QED) is 0.417. The molecule has 0 atom stereocenters. The van der Waals surface area contributed by atoms with Gasteiger partial charge in [0.2, 0.25) is 0 Å². The molecule has 36 heavy (non-hydrogen) atoms. The molecule has 2 aromatic carbocycles. The number of methoxy groups -OCH3 is 1. The number of likely N-dealkylation sites (tertiary alicyclic amines) is 1. The fourth-order valence-corrected chi connectivity index (χ4v) is 5.03. The second-order valence-electron chi connectivity index (χ2n) is 8.99. The van der Waals surface area contributed by atoms with Gasteiger partial charge in [-0.25, -0.2) is 0 Å². The molecule has 0 aliphatic carbocycles.